The molecule has 3 aliphatic rings. The number of ether oxygens (including phenoxy) is 1. The molecule has 8 bridgehead atoms. The Morgan fingerprint density at radius 2 is 1.35 bits per heavy atom. The molecule has 0 spiro atoms. The molecule has 0 fully saturated rings. The maximum atomic E-state index is 14.7. The van der Waals surface area contributed by atoms with Gasteiger partial charge in [-0.1, -0.05) is 81.3 Å². The first kappa shape index (κ1) is 89.8. The minimum atomic E-state index is -4.56. The van der Waals surface area contributed by atoms with E-state index in [-0.39, 0.29) is 109 Å². The Bertz CT molecular complexity index is 5440. The molecule has 16 N–H and O–H groups in total. The Morgan fingerprint density at radius 3 is 2.05 bits per heavy atom. The van der Waals surface area contributed by atoms with Crippen LogP contribution in [0.3, 0.4) is 0 Å². The number of H-pyrrole nitrogens is 3. The third kappa shape index (κ3) is 23.3. The van der Waals surface area contributed by atoms with Crippen LogP contribution in [0.1, 0.15) is 191 Å². The third-order valence-corrected chi connectivity index (χ3v) is 25.1. The minimum Gasteiger partial charge on any atom is -0.480 e. The predicted molar refractivity (Wildman–Crippen MR) is 447 cm³/mol. The van der Waals surface area contributed by atoms with Crippen molar-refractivity contribution in [1.29, 1.82) is 0 Å². The van der Waals surface area contributed by atoms with Crippen molar-refractivity contribution in [1.82, 2.24) is 77.1 Å². The van der Waals surface area contributed by atoms with Gasteiger partial charge in [0, 0.05) is 130 Å². The van der Waals surface area contributed by atoms with Crippen molar-refractivity contribution in [2.24, 2.45) is 0 Å². The van der Waals surface area contributed by atoms with Gasteiger partial charge < -0.3 is 73.2 Å². The number of esters is 1. The van der Waals surface area contributed by atoms with Crippen molar-refractivity contribution in [2.75, 3.05) is 61.2 Å². The highest BCUT2D eigenvalue weighted by Crippen LogP contribution is 2.49. The third-order valence-electron chi connectivity index (χ3n) is 20.7. The molecule has 0 saturated carbocycles. The highest BCUT2D eigenvalue weighted by molar-refractivity contribution is 8.76. The van der Waals surface area contributed by atoms with Crippen LogP contribution in [-0.4, -0.2) is 208 Å². The van der Waals surface area contributed by atoms with Crippen molar-refractivity contribution in [3.8, 4) is 0 Å². The van der Waals surface area contributed by atoms with Gasteiger partial charge in [-0.2, -0.15) is 13.4 Å². The van der Waals surface area contributed by atoms with Crippen LogP contribution in [0.4, 0.5) is 11.6 Å². The second kappa shape index (κ2) is 40.7. The predicted octanol–water partition coefficient (Wildman–Crippen LogP) is 5.16. The Kier molecular flexibility index (Phi) is 30.7. The minimum absolute atomic E-state index is 0.00143. The number of carbonyl (C=O) groups excluding carboxylic acids is 10. The molecule has 2 aromatic carbocycles. The van der Waals surface area contributed by atoms with Gasteiger partial charge in [-0.05, 0) is 118 Å². The number of nitrogens with zero attached hydrogens (tertiary/aromatic N) is 5. The lowest BCUT2D eigenvalue weighted by atomic mass is 9.84. The average Bonchev–Trinajstić information content (AvgIpc) is 1.56. The van der Waals surface area contributed by atoms with E-state index in [1.165, 1.54) is 44.5 Å². The molecule has 40 heteroatoms. The first-order valence-corrected chi connectivity index (χ1v) is 43.7. The molecule has 119 heavy (non-hydrogen) atoms. The van der Waals surface area contributed by atoms with Crippen molar-refractivity contribution < 1.29 is 85.5 Å². The van der Waals surface area contributed by atoms with Gasteiger partial charge in [0.05, 0.1) is 54.4 Å². The standard InChI is InChI=1S/C79H94N17O19PS3/c1-8-47-38(2)51-33-56-63(42(6)97)40(4)53(88-56)31-52-39(3)48(67(91-52)65-66(78(111)115-7)70(102)64-41(5)54(92-68(64)65)32-55(47)87-51)20-22-59(98)81-25-12-15-49(89-61(100)24-28-116-46-13-10-9-11-14-46)73(104)83-26-29-117-118-37-58(77(109)110)94-74(105)57(34-62(101)82-27-30-119(112,113)114)90-60(99)23-21-50(76(107)108)93-72(103)43-16-18-44(19-17-43)84-35-45-36-85-71-69(86-45)75(106)96-79(80)95-71/h9-11,13-14,16-19,31-33,36,38-39,47-50,57-58,66,84,88,92,116H,8,12,15,20-30,34-35,37H2,1-7H3,(H,81,98)(H,82,101)(H,83,104)(H,89,100)(H,90,99)(H,93,103)(H,94,105)(H,107,108)(H,109,110)(H,112,113,114)(H3,80,85,95,96,106)/t38-,39+,47-,48+,49+,50+,57+,58+,66?/m1/s1. The van der Waals surface area contributed by atoms with E-state index < -0.39 is 148 Å². The van der Waals surface area contributed by atoms with Crippen molar-refractivity contribution in [3.05, 3.63) is 151 Å². The number of nitrogens with two attached hydrogens (primary N) is 1. The summed E-state index contributed by atoms with van der Waals surface area (Å²) >= 11 is 0. The van der Waals surface area contributed by atoms with Crippen molar-refractivity contribution >= 4 is 161 Å². The number of hydrogen-bond acceptors (Lipinski definition) is 25. The lowest BCUT2D eigenvalue weighted by Gasteiger charge is -2.22. The monoisotopic (exact) mass is 1710 g/mol. The molecule has 0 saturated heterocycles. The molecular formula is C79H94N17O19PS3. The number of hydrogen-bond donors (Lipinski definition) is 15. The summed E-state index contributed by atoms with van der Waals surface area (Å²) in [5.74, 6) is -13.3. The summed E-state index contributed by atoms with van der Waals surface area (Å²) < 4.78 is 37.3. The Morgan fingerprint density at radius 1 is 0.681 bits per heavy atom. The molecule has 7 amide bonds. The maximum Gasteiger partial charge on any atom is 0.327 e. The summed E-state index contributed by atoms with van der Waals surface area (Å²) in [5.41, 5.74) is 13.2. The first-order chi connectivity index (χ1) is 56.7. The molecule has 1 aliphatic carbocycles. The number of rotatable bonds is 40. The number of ketones is 2. The smallest absolute Gasteiger partial charge is 0.327 e. The Labute approximate surface area is 692 Å². The van der Waals surface area contributed by atoms with E-state index in [0.29, 0.717) is 87.4 Å². The zero-order chi connectivity index (χ0) is 86.1. The van der Waals surface area contributed by atoms with E-state index in [1.807, 2.05) is 69.3 Å². The fraction of sp³-hybridized carbons (Fsp3) is 0.418. The largest absolute Gasteiger partial charge is 0.480 e. The zero-order valence-corrected chi connectivity index (χ0v) is 69.6. The number of carbonyl (C=O) groups is 12. The number of anilines is 2. The van der Waals surface area contributed by atoms with E-state index >= 15 is 0 Å². The Hall–Kier alpha value is -11.5. The van der Waals surface area contributed by atoms with Gasteiger partial charge >= 0.3 is 17.9 Å². The number of Topliss-reactive ketones (excluding diaryl/α,β-unsaturated/α-hetero) is 2. The normalized spacial score (nSPS) is 16.5. The fourth-order valence-corrected chi connectivity index (χ4v) is 17.9. The number of aromatic amines is 3. The van der Waals surface area contributed by atoms with Crippen LogP contribution in [0.25, 0.3) is 33.2 Å². The van der Waals surface area contributed by atoms with E-state index in [2.05, 4.69) is 86.3 Å². The quantitative estimate of drug-likeness (QED) is 0.00448. The van der Waals surface area contributed by atoms with Crippen LogP contribution in [-0.2, 0) is 64.6 Å². The van der Waals surface area contributed by atoms with Crippen LogP contribution in [0.5, 0.6) is 0 Å². The number of carboxylic acids is 2. The van der Waals surface area contributed by atoms with Gasteiger partial charge in [0.2, 0.25) is 41.4 Å². The number of aromatic nitrogens is 8. The number of methoxy groups -OCH3 is 1. The number of benzene rings is 2. The van der Waals surface area contributed by atoms with Gasteiger partial charge in [-0.3, -0.25) is 72.2 Å². The van der Waals surface area contributed by atoms with Crippen LogP contribution >= 0.6 is 30.2 Å². The number of aryl methyl sites for hydroxylation is 2. The van der Waals surface area contributed by atoms with Gasteiger partial charge in [0.15, 0.2) is 22.7 Å². The summed E-state index contributed by atoms with van der Waals surface area (Å²) in [5, 5.41) is 42.1. The number of nitrogens with one attached hydrogen (secondary N) is 11. The van der Waals surface area contributed by atoms with Gasteiger partial charge in [0.25, 0.3) is 21.6 Å². The molecule has 7 aromatic rings. The molecule has 10 rings (SSSR count). The molecule has 632 valence electrons. The lowest BCUT2D eigenvalue weighted by Crippen LogP contribution is -2.54. The summed E-state index contributed by atoms with van der Waals surface area (Å²) in [6.45, 7) is 10.9. The zero-order valence-electron chi connectivity index (χ0n) is 66.1. The van der Waals surface area contributed by atoms with Crippen molar-refractivity contribution in [3.63, 3.8) is 0 Å². The molecule has 36 nitrogen and oxygen atoms in total. The van der Waals surface area contributed by atoms with E-state index in [1.54, 1.807) is 0 Å². The summed E-state index contributed by atoms with van der Waals surface area (Å²) in [6, 6.07) is 14.8. The number of amides is 7. The second-order valence-corrected chi connectivity index (χ2v) is 34.6. The van der Waals surface area contributed by atoms with E-state index in [9.17, 15) is 85.5 Å². The summed E-state index contributed by atoms with van der Waals surface area (Å²) in [4.78, 5) is 206. The fourth-order valence-electron chi connectivity index (χ4n) is 14.4. The molecule has 10 atom stereocenters. The SMILES string of the molecule is CC[C@H]1c2cc3[nH]c4c(c3C)C(=O)C(C(=O)OC)c4c3nc(cc4[nH]c(cc(n2)[C@@H]1C)c(C(C)=O)c4C)[C@@H](C)[C@@H]3CCC(=O)NCCC[C@H](NC(=O)CCPc1ccccc1)C(=O)NCCSSC[C@H](NC(=O)[C@H](CC(=O)NCCS(=O)(=O)O)NC(=O)CC[C@H](NC(=O)c1ccc(NCc2cnc3nc(N)[nH]c(=O)c3n2)cc1)C(=O)O)C(=O)O. The number of nitrogen functional groups attached to an aromatic ring is 1. The molecular weight excluding hydrogens is 1620 g/mol. The lowest BCUT2D eigenvalue weighted by molar-refractivity contribution is -0.142. The molecule has 2 aliphatic heterocycles. The Balaban J connectivity index is 0.744. The molecule has 7 heterocycles. The van der Waals surface area contributed by atoms with Gasteiger partial charge in [-0.15, -0.1) is 0 Å². The van der Waals surface area contributed by atoms with Crippen LogP contribution in [0.15, 0.2) is 83.8 Å². The second-order valence-electron chi connectivity index (χ2n) is 28.9. The van der Waals surface area contributed by atoms with E-state index in [4.69, 9.17) is 20.4 Å². The van der Waals surface area contributed by atoms with Gasteiger partial charge in [-0.25, -0.2) is 19.6 Å². The number of aliphatic carboxylic acids is 2. The maximum absolute atomic E-state index is 14.7. The number of fused-ring (bicyclic) bond motifs is 9. The molecule has 5 aromatic heterocycles. The highest BCUT2D eigenvalue weighted by Gasteiger charge is 2.46. The first-order valence-electron chi connectivity index (χ1n) is 38.4. The van der Waals surface area contributed by atoms with E-state index in [0.717, 1.165) is 44.7 Å². The van der Waals surface area contributed by atoms with Crippen LogP contribution in [0.2, 0.25) is 0 Å². The molecule has 2 unspecified atom stereocenters. The van der Waals surface area contributed by atoms with Crippen LogP contribution in [0, 0.1) is 13.8 Å². The van der Waals surface area contributed by atoms with Crippen LogP contribution < -0.4 is 59.1 Å². The topological polar surface area (TPSA) is 560 Å². The van der Waals surface area contributed by atoms with Gasteiger partial charge in [0.1, 0.15) is 30.1 Å². The summed E-state index contributed by atoms with van der Waals surface area (Å²) in [6.07, 6.45) is 1.09. The van der Waals surface area contributed by atoms with Crippen molar-refractivity contribution in [2.45, 2.75) is 160 Å². The summed E-state index contributed by atoms with van der Waals surface area (Å²) in [7, 11) is -0.966. The highest BCUT2D eigenvalue weighted by atomic mass is 33.1. The average molecular weight is 1710 g/mol. The number of carboxylic acid groups (broad SMARTS) is 2. The molecule has 0 radical (unpaired) electrons.